The van der Waals surface area contributed by atoms with Gasteiger partial charge in [0.2, 0.25) is 21.8 Å². The Kier molecular flexibility index (Phi) is 6.52. The quantitative estimate of drug-likeness (QED) is 0.701. The maximum absolute atomic E-state index is 14.4. The fourth-order valence-corrected chi connectivity index (χ4v) is 6.21. The van der Waals surface area contributed by atoms with Gasteiger partial charge < -0.3 is 5.32 Å². The van der Waals surface area contributed by atoms with Crippen LogP contribution in [0.1, 0.15) is 43.7 Å². The number of rotatable bonds is 5. The smallest absolute Gasteiger partial charge is 0.247 e. The molecule has 0 unspecified atom stereocenters. The van der Waals surface area contributed by atoms with E-state index in [1.165, 1.54) is 23.1 Å². The second kappa shape index (κ2) is 9.11. The first kappa shape index (κ1) is 24.3. The highest BCUT2D eigenvalue weighted by Gasteiger charge is 2.51. The summed E-state index contributed by atoms with van der Waals surface area (Å²) < 4.78 is 42.3. The van der Waals surface area contributed by atoms with Gasteiger partial charge in [-0.05, 0) is 63.4 Å². The molecule has 1 saturated carbocycles. The number of carbonyl (C=O) groups excluding carboxylic acids is 2. The van der Waals surface area contributed by atoms with Crippen molar-refractivity contribution in [3.63, 3.8) is 0 Å². The van der Waals surface area contributed by atoms with Crippen LogP contribution in [0.15, 0.2) is 47.4 Å². The Labute approximate surface area is 200 Å². The van der Waals surface area contributed by atoms with Gasteiger partial charge in [-0.15, -0.1) is 0 Å². The van der Waals surface area contributed by atoms with Crippen molar-refractivity contribution in [1.82, 2.24) is 9.62 Å². The van der Waals surface area contributed by atoms with Gasteiger partial charge >= 0.3 is 0 Å². The maximum atomic E-state index is 14.4. The minimum atomic E-state index is -4.03. The SMILES string of the molecule is Cc1ccc(S(=O)(=O)N2CC(=O)N(c3ccc(C)c(F)c3)[C@@](C)(C(=O)NC3CCCC3)C2)cc1. The maximum Gasteiger partial charge on any atom is 0.247 e. The first-order chi connectivity index (χ1) is 16.0. The third kappa shape index (κ3) is 4.46. The van der Waals surface area contributed by atoms with Gasteiger partial charge in [-0.3, -0.25) is 14.5 Å². The van der Waals surface area contributed by atoms with Crippen LogP contribution >= 0.6 is 0 Å². The highest BCUT2D eigenvalue weighted by Crippen LogP contribution is 2.33. The summed E-state index contributed by atoms with van der Waals surface area (Å²) in [5.41, 5.74) is -0.0160. The lowest BCUT2D eigenvalue weighted by Crippen LogP contribution is -2.70. The highest BCUT2D eigenvalue weighted by molar-refractivity contribution is 7.89. The van der Waals surface area contributed by atoms with Crippen molar-refractivity contribution >= 4 is 27.5 Å². The monoisotopic (exact) mass is 487 g/mol. The van der Waals surface area contributed by atoms with Gasteiger partial charge in [0.05, 0.1) is 11.4 Å². The predicted octanol–water partition coefficient (Wildman–Crippen LogP) is 3.30. The summed E-state index contributed by atoms with van der Waals surface area (Å²) in [7, 11) is -4.03. The molecule has 1 aliphatic heterocycles. The van der Waals surface area contributed by atoms with E-state index >= 15 is 0 Å². The summed E-state index contributed by atoms with van der Waals surface area (Å²) in [6, 6.07) is 10.7. The van der Waals surface area contributed by atoms with Crippen LogP contribution in [0.25, 0.3) is 0 Å². The molecule has 2 fully saturated rings. The van der Waals surface area contributed by atoms with Crippen molar-refractivity contribution in [1.29, 1.82) is 0 Å². The number of halogens is 1. The minimum absolute atomic E-state index is 0.0277. The molecule has 7 nitrogen and oxygen atoms in total. The lowest BCUT2D eigenvalue weighted by Gasteiger charge is -2.47. The Bertz CT molecular complexity index is 1210. The summed E-state index contributed by atoms with van der Waals surface area (Å²) in [6.45, 7) is 4.31. The van der Waals surface area contributed by atoms with Gasteiger partial charge in [0.25, 0.3) is 0 Å². The molecule has 1 atom stereocenters. The number of aryl methyl sites for hydroxylation is 2. The third-order valence-corrected chi connectivity index (χ3v) is 8.60. The number of nitrogens with zero attached hydrogens (tertiary/aromatic N) is 2. The molecule has 2 aromatic carbocycles. The average Bonchev–Trinajstić information content (AvgIpc) is 3.29. The van der Waals surface area contributed by atoms with Crippen molar-refractivity contribution in [2.45, 2.75) is 62.9 Å². The number of nitrogens with one attached hydrogen (secondary N) is 1. The summed E-state index contributed by atoms with van der Waals surface area (Å²) in [4.78, 5) is 28.3. The fourth-order valence-electron chi connectivity index (χ4n) is 4.73. The van der Waals surface area contributed by atoms with Gasteiger partial charge in [0.15, 0.2) is 0 Å². The van der Waals surface area contributed by atoms with Crippen molar-refractivity contribution in [2.75, 3.05) is 18.0 Å². The van der Waals surface area contributed by atoms with E-state index in [4.69, 9.17) is 0 Å². The van der Waals surface area contributed by atoms with Crippen molar-refractivity contribution in [3.05, 3.63) is 59.4 Å². The molecular weight excluding hydrogens is 457 g/mol. The zero-order valence-corrected chi connectivity index (χ0v) is 20.5. The first-order valence-corrected chi connectivity index (χ1v) is 12.9. The summed E-state index contributed by atoms with van der Waals surface area (Å²) in [5, 5.41) is 3.01. The highest BCUT2D eigenvalue weighted by atomic mass is 32.2. The van der Waals surface area contributed by atoms with E-state index in [1.807, 2.05) is 6.92 Å². The van der Waals surface area contributed by atoms with E-state index in [-0.39, 0.29) is 23.2 Å². The Hall–Kier alpha value is -2.78. The van der Waals surface area contributed by atoms with Crippen LogP contribution < -0.4 is 10.2 Å². The molecule has 0 aromatic heterocycles. The first-order valence-electron chi connectivity index (χ1n) is 11.5. The van der Waals surface area contributed by atoms with Gasteiger partial charge in [0, 0.05) is 18.3 Å². The number of hydrogen-bond acceptors (Lipinski definition) is 4. The normalized spacial score (nSPS) is 22.2. The molecule has 182 valence electrons. The molecule has 1 heterocycles. The number of sulfonamides is 1. The topological polar surface area (TPSA) is 86.8 Å². The van der Waals surface area contributed by atoms with E-state index < -0.39 is 39.7 Å². The van der Waals surface area contributed by atoms with Crippen molar-refractivity contribution in [2.24, 2.45) is 0 Å². The van der Waals surface area contributed by atoms with Gasteiger partial charge in [-0.2, -0.15) is 4.31 Å². The average molecular weight is 488 g/mol. The van der Waals surface area contributed by atoms with Crippen LogP contribution in [-0.4, -0.2) is 49.2 Å². The zero-order valence-electron chi connectivity index (χ0n) is 19.7. The van der Waals surface area contributed by atoms with E-state index in [9.17, 15) is 22.4 Å². The Morgan fingerprint density at radius 2 is 1.74 bits per heavy atom. The number of hydrogen-bond donors (Lipinski definition) is 1. The van der Waals surface area contributed by atoms with Crippen LogP contribution in [0.2, 0.25) is 0 Å². The lowest BCUT2D eigenvalue weighted by atomic mass is 9.93. The van der Waals surface area contributed by atoms with E-state index in [0.717, 1.165) is 35.6 Å². The third-order valence-electron chi connectivity index (χ3n) is 6.79. The van der Waals surface area contributed by atoms with Crippen molar-refractivity contribution < 1.29 is 22.4 Å². The number of piperazine rings is 1. The number of amides is 2. The molecule has 0 radical (unpaired) electrons. The molecule has 34 heavy (non-hydrogen) atoms. The Morgan fingerprint density at radius 1 is 1.09 bits per heavy atom. The van der Waals surface area contributed by atoms with Crippen LogP contribution in [0.4, 0.5) is 10.1 Å². The van der Waals surface area contributed by atoms with Gasteiger partial charge in [0.1, 0.15) is 11.4 Å². The lowest BCUT2D eigenvalue weighted by molar-refractivity contribution is -0.133. The predicted molar refractivity (Wildman–Crippen MR) is 127 cm³/mol. The molecule has 4 rings (SSSR count). The molecule has 1 N–H and O–H groups in total. The molecule has 1 saturated heterocycles. The van der Waals surface area contributed by atoms with E-state index in [2.05, 4.69) is 5.32 Å². The molecule has 2 aliphatic rings. The standard InChI is InChI=1S/C25H30FN3O4S/c1-17-8-12-21(13-9-17)34(32,33)28-15-23(30)29(20-11-10-18(2)22(26)14-20)25(3,16-28)24(31)27-19-6-4-5-7-19/h8-14,19H,4-7,15-16H2,1-3H3,(H,27,31)/t25-/m1/s1. The van der Waals surface area contributed by atoms with E-state index in [1.54, 1.807) is 38.1 Å². The largest absolute Gasteiger partial charge is 0.351 e. The second-order valence-electron chi connectivity index (χ2n) is 9.48. The van der Waals surface area contributed by atoms with Crippen LogP contribution in [0.3, 0.4) is 0 Å². The van der Waals surface area contributed by atoms with Crippen LogP contribution in [0, 0.1) is 19.7 Å². The number of anilines is 1. The van der Waals surface area contributed by atoms with Crippen LogP contribution in [-0.2, 0) is 19.6 Å². The van der Waals surface area contributed by atoms with Gasteiger partial charge in [-0.25, -0.2) is 12.8 Å². The van der Waals surface area contributed by atoms with E-state index in [0.29, 0.717) is 5.56 Å². The molecule has 0 spiro atoms. The molecule has 2 amide bonds. The van der Waals surface area contributed by atoms with Crippen LogP contribution in [0.5, 0.6) is 0 Å². The molecule has 0 bridgehead atoms. The molecule has 9 heteroatoms. The fraction of sp³-hybridized carbons (Fsp3) is 0.440. The summed E-state index contributed by atoms with van der Waals surface area (Å²) in [6.07, 6.45) is 3.67. The second-order valence-corrected chi connectivity index (χ2v) is 11.4. The van der Waals surface area contributed by atoms with Crippen molar-refractivity contribution in [3.8, 4) is 0 Å². The minimum Gasteiger partial charge on any atom is -0.351 e. The Balaban J connectivity index is 1.74. The Morgan fingerprint density at radius 3 is 2.35 bits per heavy atom. The molecule has 2 aromatic rings. The number of benzene rings is 2. The zero-order chi connectivity index (χ0) is 24.7. The summed E-state index contributed by atoms with van der Waals surface area (Å²) >= 11 is 0. The number of carbonyl (C=O) groups is 2. The molecular formula is C25H30FN3O4S. The van der Waals surface area contributed by atoms with Gasteiger partial charge in [-0.1, -0.05) is 36.6 Å². The summed E-state index contributed by atoms with van der Waals surface area (Å²) in [5.74, 6) is -1.54. The molecule has 1 aliphatic carbocycles.